The summed E-state index contributed by atoms with van der Waals surface area (Å²) in [6.45, 7) is 12.2. The third-order valence-corrected chi connectivity index (χ3v) is 4.77. The lowest BCUT2D eigenvalue weighted by Gasteiger charge is -2.13. The number of nitrogens with zero attached hydrogens (tertiary/aromatic N) is 2. The molecule has 3 aromatic carbocycles. The maximum atomic E-state index is 13.2. The molecule has 1 heterocycles. The number of hydrogen-bond acceptors (Lipinski definition) is 2. The number of benzene rings is 3. The van der Waals surface area contributed by atoms with Crippen molar-refractivity contribution in [3.8, 4) is 5.69 Å². The van der Waals surface area contributed by atoms with E-state index in [-0.39, 0.29) is 12.4 Å². The molecule has 7 heteroatoms. The molecule has 0 saturated heterocycles. The first-order valence-corrected chi connectivity index (χ1v) is 11.1. The standard InChI is InChI=1S/C23H17F4N3.2C2H6/c1-15(28-13-16-4-2-5-17(12-16)23(25,26)27)20-6-3-7-22-21(20)14-29-30(22)19-10-8-18(24)9-11-19;2*1-2/h2-12,14,28H,1,13H2;2*1-2H3. The Labute approximate surface area is 197 Å². The first kappa shape index (κ1) is 26.6. The van der Waals surface area contributed by atoms with Crippen LogP contribution in [0.5, 0.6) is 0 Å². The lowest BCUT2D eigenvalue weighted by Crippen LogP contribution is -2.12. The summed E-state index contributed by atoms with van der Waals surface area (Å²) in [5.74, 6) is -0.330. The Kier molecular flexibility index (Phi) is 9.42. The van der Waals surface area contributed by atoms with Crippen molar-refractivity contribution >= 4 is 16.6 Å². The third-order valence-electron chi connectivity index (χ3n) is 4.77. The van der Waals surface area contributed by atoms with Crippen LogP contribution in [0.1, 0.15) is 44.4 Å². The second kappa shape index (κ2) is 12.0. The van der Waals surface area contributed by atoms with E-state index in [4.69, 9.17) is 0 Å². The molecule has 0 aliphatic heterocycles. The maximum absolute atomic E-state index is 13.2. The summed E-state index contributed by atoms with van der Waals surface area (Å²) >= 11 is 0. The molecule has 0 atom stereocenters. The third kappa shape index (κ3) is 6.25. The van der Waals surface area contributed by atoms with E-state index in [2.05, 4.69) is 17.0 Å². The fraction of sp³-hybridized carbons (Fsp3) is 0.222. The lowest BCUT2D eigenvalue weighted by atomic mass is 10.1. The highest BCUT2D eigenvalue weighted by Crippen LogP contribution is 2.30. The summed E-state index contributed by atoms with van der Waals surface area (Å²) in [7, 11) is 0. The zero-order chi connectivity index (χ0) is 25.3. The van der Waals surface area contributed by atoms with E-state index in [9.17, 15) is 17.6 Å². The topological polar surface area (TPSA) is 29.9 Å². The van der Waals surface area contributed by atoms with Gasteiger partial charge in [-0.3, -0.25) is 0 Å². The van der Waals surface area contributed by atoms with E-state index < -0.39 is 11.7 Å². The molecular formula is C27H29F4N3. The predicted molar refractivity (Wildman–Crippen MR) is 131 cm³/mol. The zero-order valence-corrected chi connectivity index (χ0v) is 19.7. The van der Waals surface area contributed by atoms with Gasteiger partial charge in [0.2, 0.25) is 0 Å². The van der Waals surface area contributed by atoms with Crippen LogP contribution in [0.15, 0.2) is 79.5 Å². The van der Waals surface area contributed by atoms with Crippen molar-refractivity contribution in [2.45, 2.75) is 40.4 Å². The number of nitrogens with one attached hydrogen (secondary N) is 1. The van der Waals surface area contributed by atoms with Gasteiger partial charge in [0, 0.05) is 23.2 Å². The van der Waals surface area contributed by atoms with E-state index in [1.165, 1.54) is 18.2 Å². The molecule has 0 radical (unpaired) electrons. The van der Waals surface area contributed by atoms with Crippen molar-refractivity contribution in [2.75, 3.05) is 0 Å². The van der Waals surface area contributed by atoms with Gasteiger partial charge in [-0.25, -0.2) is 9.07 Å². The summed E-state index contributed by atoms with van der Waals surface area (Å²) in [6.07, 6.45) is -2.70. The monoisotopic (exact) mass is 471 g/mol. The summed E-state index contributed by atoms with van der Waals surface area (Å²) in [6, 6.07) is 16.8. The second-order valence-corrected chi connectivity index (χ2v) is 6.80. The Bertz CT molecular complexity index is 1210. The van der Waals surface area contributed by atoms with E-state index >= 15 is 0 Å². The van der Waals surface area contributed by atoms with Crippen molar-refractivity contribution in [1.29, 1.82) is 0 Å². The van der Waals surface area contributed by atoms with Crippen molar-refractivity contribution < 1.29 is 17.6 Å². The van der Waals surface area contributed by atoms with Crippen LogP contribution >= 0.6 is 0 Å². The number of halogens is 4. The van der Waals surface area contributed by atoms with Crippen molar-refractivity contribution in [2.24, 2.45) is 0 Å². The molecule has 4 aromatic rings. The lowest BCUT2D eigenvalue weighted by molar-refractivity contribution is -0.137. The van der Waals surface area contributed by atoms with Crippen LogP contribution in [0, 0.1) is 5.82 Å². The quantitative estimate of drug-likeness (QED) is 0.299. The van der Waals surface area contributed by atoms with Crippen LogP contribution in [-0.2, 0) is 12.7 Å². The van der Waals surface area contributed by atoms with E-state index in [0.717, 1.165) is 28.6 Å². The molecule has 0 bridgehead atoms. The highest BCUT2D eigenvalue weighted by Gasteiger charge is 2.30. The molecule has 1 N–H and O–H groups in total. The van der Waals surface area contributed by atoms with Gasteiger partial charge in [-0.15, -0.1) is 0 Å². The molecule has 0 fully saturated rings. The first-order chi connectivity index (χ1) is 16.3. The van der Waals surface area contributed by atoms with Crippen LogP contribution in [0.3, 0.4) is 0 Å². The van der Waals surface area contributed by atoms with Gasteiger partial charge >= 0.3 is 6.18 Å². The molecule has 0 unspecified atom stereocenters. The molecule has 3 nitrogen and oxygen atoms in total. The number of fused-ring (bicyclic) bond motifs is 1. The molecule has 1 aromatic heterocycles. The Hall–Kier alpha value is -3.61. The number of rotatable bonds is 5. The van der Waals surface area contributed by atoms with Gasteiger partial charge < -0.3 is 5.32 Å². The number of alkyl halides is 3. The fourth-order valence-electron chi connectivity index (χ4n) is 3.26. The number of hydrogen-bond donors (Lipinski definition) is 1. The average Bonchev–Trinajstić information content (AvgIpc) is 3.29. The summed E-state index contributed by atoms with van der Waals surface area (Å²) < 4.78 is 53.6. The minimum absolute atomic E-state index is 0.200. The average molecular weight is 472 g/mol. The molecule has 0 aliphatic carbocycles. The Morgan fingerprint density at radius 2 is 1.59 bits per heavy atom. The second-order valence-electron chi connectivity index (χ2n) is 6.80. The first-order valence-electron chi connectivity index (χ1n) is 11.1. The summed E-state index contributed by atoms with van der Waals surface area (Å²) in [4.78, 5) is 0. The van der Waals surface area contributed by atoms with Crippen LogP contribution in [-0.4, -0.2) is 9.78 Å². The van der Waals surface area contributed by atoms with Crippen LogP contribution in [0.4, 0.5) is 17.6 Å². The maximum Gasteiger partial charge on any atom is 0.416 e. The van der Waals surface area contributed by atoms with E-state index in [1.807, 2.05) is 45.9 Å². The molecule has 180 valence electrons. The van der Waals surface area contributed by atoms with Gasteiger partial charge in [0.05, 0.1) is 23.0 Å². The van der Waals surface area contributed by atoms with Gasteiger partial charge in [-0.2, -0.15) is 18.3 Å². The van der Waals surface area contributed by atoms with E-state index in [0.29, 0.717) is 16.9 Å². The molecule has 0 aliphatic rings. The summed E-state index contributed by atoms with van der Waals surface area (Å²) in [5.41, 5.74) is 2.69. The fourth-order valence-corrected chi connectivity index (χ4v) is 3.26. The predicted octanol–water partition coefficient (Wildman–Crippen LogP) is 8.00. The van der Waals surface area contributed by atoms with Gasteiger partial charge in [0.25, 0.3) is 0 Å². The Balaban J connectivity index is 0.000000970. The molecule has 4 rings (SSSR count). The zero-order valence-electron chi connectivity index (χ0n) is 19.7. The largest absolute Gasteiger partial charge is 0.416 e. The van der Waals surface area contributed by atoms with Crippen LogP contribution in [0.2, 0.25) is 0 Å². The van der Waals surface area contributed by atoms with Crippen LogP contribution in [0.25, 0.3) is 22.3 Å². The smallest absolute Gasteiger partial charge is 0.381 e. The molecule has 0 spiro atoms. The van der Waals surface area contributed by atoms with Crippen molar-refractivity contribution in [3.63, 3.8) is 0 Å². The van der Waals surface area contributed by atoms with Gasteiger partial charge in [-0.05, 0) is 48.0 Å². The molecule has 0 saturated carbocycles. The molecule has 0 amide bonds. The highest BCUT2D eigenvalue weighted by molar-refractivity contribution is 5.91. The minimum Gasteiger partial charge on any atom is -0.381 e. The SMILES string of the molecule is C=C(NCc1cccc(C(F)(F)F)c1)c1cccc2c1cnn2-c1ccc(F)cc1.CC.CC. The van der Waals surface area contributed by atoms with Gasteiger partial charge in [0.15, 0.2) is 0 Å². The van der Waals surface area contributed by atoms with E-state index in [1.54, 1.807) is 29.1 Å². The normalized spacial score (nSPS) is 10.6. The Morgan fingerprint density at radius 1 is 0.941 bits per heavy atom. The van der Waals surface area contributed by atoms with Gasteiger partial charge in [0.1, 0.15) is 5.82 Å². The van der Waals surface area contributed by atoms with Gasteiger partial charge in [-0.1, -0.05) is 58.5 Å². The van der Waals surface area contributed by atoms with Crippen molar-refractivity contribution in [3.05, 3.63) is 102 Å². The molecular weight excluding hydrogens is 442 g/mol. The summed E-state index contributed by atoms with van der Waals surface area (Å²) in [5, 5.41) is 8.31. The number of aromatic nitrogens is 2. The highest BCUT2D eigenvalue weighted by atomic mass is 19.4. The van der Waals surface area contributed by atoms with Crippen molar-refractivity contribution in [1.82, 2.24) is 15.1 Å². The molecule has 34 heavy (non-hydrogen) atoms. The minimum atomic E-state index is -4.38. The Morgan fingerprint density at radius 3 is 2.24 bits per heavy atom. The van der Waals surface area contributed by atoms with Crippen LogP contribution < -0.4 is 5.32 Å².